The standard InChI is InChI=1S/C82H92Cl2N10O19/c1-6-7-8-9-10-11-13-25-85-40-52-58(98)39-51-64(72(52)100)50-33-43(18-21-56(50)96)65-77(105)92-70(80(108)91-69(51)75(103)86-26-15-28-94-27-14-12-16-41(94)2)71(99)45-20-24-60(54(84)34-45)112-63-37-47-36-62(73(63)101)111-59-23-17-42(29-53(59)83)30-55-74(102)88-67(78(106)90-68(47)79(107)89-65)46-31-48(95)38-49(32-46)110-61-35-44(19-22-57(61)97)66(76(104)87-55)93-81(109)113-82(3,4)5/h17-24,29,31-39,41,55,65-71,85,95-101H,6-16,25-28,30,40H2,1-5H3,(H,86,103)(H,87,104)(H,88,102)(H,89,107)(H,90,106)(H,91,108)(H,92,105)(H,93,109)/t41?,55-,65-,66+,67-,68-,69-,70-,71?/m0/s1. The molecule has 7 aliphatic heterocycles. The number of piperidine rings is 1. The monoisotopic (exact) mass is 1590 g/mol. The van der Waals surface area contributed by atoms with E-state index in [4.69, 9.17) is 42.1 Å². The second kappa shape index (κ2) is 35.2. The molecule has 0 spiro atoms. The van der Waals surface area contributed by atoms with Crippen molar-refractivity contribution in [1.29, 1.82) is 0 Å². The van der Waals surface area contributed by atoms with E-state index in [9.17, 15) is 45.3 Å². The van der Waals surface area contributed by atoms with Gasteiger partial charge < -0.3 is 107 Å². The summed E-state index contributed by atoms with van der Waals surface area (Å²) < 4.78 is 24.4. The number of carbonyl (C=O) groups is 8. The molecule has 17 bridgehead atoms. The Hall–Kier alpha value is -11.2. The SMILES string of the molecule is CCCCCCCCCNCc1c(O)cc2c(c1O)-c1cc(ccc1O)[C@@H]1NC(=O)[C@H]3NC(=O)[C@H]4NC(=O)[C@H](Cc5ccc(c(Cl)c5)Oc5cc3cc(c5O)Oc3ccc(cc3Cl)C(O)[C@H](NC1=O)C(=O)N[C@@H]2C(=O)NCCCN1CCCCC1C)NC(=O)[C@H](NC(=O)OC(C)(C)C)c1ccc(O)c(c1)Oc1cc(O)cc4c1. The number of likely N-dealkylation sites (tertiary alicyclic amines) is 1. The summed E-state index contributed by atoms with van der Waals surface area (Å²) >= 11 is 14.1. The summed E-state index contributed by atoms with van der Waals surface area (Å²) in [4.78, 5) is 125. The molecule has 1 fully saturated rings. The number of hydrogen-bond acceptors (Lipinski definition) is 21. The number of phenolic OH excluding ortho intramolecular Hbond substituents is 6. The minimum Gasteiger partial charge on any atom is -0.508 e. The predicted molar refractivity (Wildman–Crippen MR) is 415 cm³/mol. The van der Waals surface area contributed by atoms with Crippen LogP contribution in [0.5, 0.6) is 69.0 Å². The molecule has 7 aliphatic rings. The van der Waals surface area contributed by atoms with Crippen LogP contribution in [0.25, 0.3) is 11.1 Å². The van der Waals surface area contributed by atoms with E-state index in [2.05, 4.69) is 66.6 Å². The molecular weight excluding hydrogens is 1500 g/mol. The average molecular weight is 1590 g/mol. The summed E-state index contributed by atoms with van der Waals surface area (Å²) in [7, 11) is 0. The Morgan fingerprint density at radius 2 is 1.20 bits per heavy atom. The number of aliphatic hydroxyl groups is 1. The van der Waals surface area contributed by atoms with Crippen molar-refractivity contribution in [3.05, 3.63) is 164 Å². The van der Waals surface area contributed by atoms with Gasteiger partial charge in [0.25, 0.3) is 0 Å². The maximum atomic E-state index is 16.3. The highest BCUT2D eigenvalue weighted by atomic mass is 35.5. The van der Waals surface area contributed by atoms with Crippen LogP contribution in [0.3, 0.4) is 0 Å². The Balaban J connectivity index is 1.02. The van der Waals surface area contributed by atoms with Gasteiger partial charge >= 0.3 is 6.09 Å². The van der Waals surface area contributed by atoms with Crippen LogP contribution in [-0.2, 0) is 51.3 Å². The Labute approximate surface area is 661 Å². The molecule has 29 nitrogen and oxygen atoms in total. The van der Waals surface area contributed by atoms with Gasteiger partial charge in [-0.15, -0.1) is 0 Å². The first-order valence-corrected chi connectivity index (χ1v) is 38.5. The summed E-state index contributed by atoms with van der Waals surface area (Å²) in [6.07, 6.45) is 6.93. The maximum Gasteiger partial charge on any atom is 0.408 e. The number of rotatable bonds is 16. The van der Waals surface area contributed by atoms with Crippen molar-refractivity contribution in [3.63, 3.8) is 0 Å². The quantitative estimate of drug-likeness (QED) is 0.0400. The molecule has 14 rings (SSSR count). The number of nitrogens with zero attached hydrogens (tertiary/aromatic N) is 1. The van der Waals surface area contributed by atoms with Crippen molar-refractivity contribution >= 4 is 70.6 Å². The van der Waals surface area contributed by atoms with Crippen LogP contribution in [0.15, 0.2) is 109 Å². The van der Waals surface area contributed by atoms with Crippen molar-refractivity contribution in [3.8, 4) is 80.1 Å². The first kappa shape index (κ1) is 81.3. The number of alkyl carbamates (subject to hydrolysis) is 1. The molecule has 7 aromatic rings. The van der Waals surface area contributed by atoms with Gasteiger partial charge in [0, 0.05) is 49.3 Å². The highest BCUT2D eigenvalue weighted by molar-refractivity contribution is 6.32. The van der Waals surface area contributed by atoms with Gasteiger partial charge in [0.1, 0.15) is 94.2 Å². The third-order valence-corrected chi connectivity index (χ3v) is 21.1. The second-order valence-corrected chi connectivity index (χ2v) is 30.8. The molecule has 2 unspecified atom stereocenters. The zero-order valence-electron chi connectivity index (χ0n) is 62.8. The van der Waals surface area contributed by atoms with Crippen molar-refractivity contribution in [2.24, 2.45) is 0 Å². The van der Waals surface area contributed by atoms with E-state index < -0.39 is 154 Å². The van der Waals surface area contributed by atoms with Gasteiger partial charge in [0.15, 0.2) is 23.0 Å². The predicted octanol–water partition coefficient (Wildman–Crippen LogP) is 10.7. The smallest absolute Gasteiger partial charge is 0.408 e. The van der Waals surface area contributed by atoms with E-state index in [1.807, 2.05) is 0 Å². The van der Waals surface area contributed by atoms with Crippen LogP contribution in [-0.4, -0.2) is 138 Å². The first-order chi connectivity index (χ1) is 54.0. The summed E-state index contributed by atoms with van der Waals surface area (Å²) in [5, 5.41) is 109. The van der Waals surface area contributed by atoms with Gasteiger partial charge in [-0.05, 0) is 184 Å². The number of halogens is 2. The lowest BCUT2D eigenvalue weighted by Gasteiger charge is -2.33. The van der Waals surface area contributed by atoms with Gasteiger partial charge in [0.2, 0.25) is 47.1 Å². The van der Waals surface area contributed by atoms with E-state index in [1.165, 1.54) is 72.8 Å². The number of unbranched alkanes of at least 4 members (excludes halogenated alkanes) is 6. The fraction of sp³-hybridized carbons (Fsp3) is 0.390. The fourth-order valence-electron chi connectivity index (χ4n) is 14.5. The van der Waals surface area contributed by atoms with Crippen LogP contribution < -0.4 is 62.1 Å². The molecule has 8 amide bonds. The Morgan fingerprint density at radius 3 is 1.89 bits per heavy atom. The molecular formula is C82H92Cl2N10O19. The van der Waals surface area contributed by atoms with Gasteiger partial charge in [-0.3, -0.25) is 33.6 Å². The summed E-state index contributed by atoms with van der Waals surface area (Å²) in [6, 6.07) is 8.29. The number of phenols is 6. The third-order valence-electron chi connectivity index (χ3n) is 20.5. The zero-order valence-corrected chi connectivity index (χ0v) is 64.4. The maximum absolute atomic E-state index is 16.3. The van der Waals surface area contributed by atoms with Gasteiger partial charge in [0.05, 0.1) is 15.6 Å². The van der Waals surface area contributed by atoms with Crippen molar-refractivity contribution in [1.82, 2.24) is 52.8 Å². The van der Waals surface area contributed by atoms with Crippen LogP contribution >= 0.6 is 23.2 Å². The molecule has 0 radical (unpaired) electrons. The van der Waals surface area contributed by atoms with Crippen LogP contribution in [0.2, 0.25) is 10.0 Å². The molecule has 1 saturated heterocycles. The average Bonchev–Trinajstić information content (AvgIpc) is 0.763. The highest BCUT2D eigenvalue weighted by Gasteiger charge is 2.43. The van der Waals surface area contributed by atoms with Crippen LogP contribution in [0.1, 0.15) is 186 Å². The Bertz CT molecular complexity index is 4830. The summed E-state index contributed by atoms with van der Waals surface area (Å²) in [5.41, 5.74) is -2.77. The fourth-order valence-corrected chi connectivity index (χ4v) is 15.0. The number of aromatic hydroxyl groups is 6. The first-order valence-electron chi connectivity index (χ1n) is 37.8. The van der Waals surface area contributed by atoms with E-state index in [0.717, 1.165) is 107 Å². The van der Waals surface area contributed by atoms with Crippen molar-refractivity contribution in [2.45, 2.75) is 178 Å². The number of carbonyl (C=O) groups excluding carboxylic acids is 8. The number of aliphatic hydroxyl groups excluding tert-OH is 1. The number of hydrogen-bond donors (Lipinski definition) is 16. The summed E-state index contributed by atoms with van der Waals surface area (Å²) in [6.45, 7) is 10.9. The lowest BCUT2D eigenvalue weighted by atomic mass is 9.87. The second-order valence-electron chi connectivity index (χ2n) is 29.9. The molecule has 0 saturated carbocycles. The summed E-state index contributed by atoms with van der Waals surface area (Å²) in [5.74, 6) is -13.8. The largest absolute Gasteiger partial charge is 0.508 e. The molecule has 16 N–H and O–H groups in total. The van der Waals surface area contributed by atoms with Gasteiger partial charge in [-0.2, -0.15) is 0 Å². The van der Waals surface area contributed by atoms with Crippen molar-refractivity contribution < 1.29 is 93.0 Å². The normalized spacial score (nSPS) is 21.2. The lowest BCUT2D eigenvalue weighted by Crippen LogP contribution is -2.56. The van der Waals surface area contributed by atoms with E-state index >= 15 is 28.8 Å². The number of fused-ring (bicyclic) bond motifs is 14. The molecule has 7 heterocycles. The highest BCUT2D eigenvalue weighted by Crippen LogP contribution is 2.50. The number of ether oxygens (including phenoxy) is 4. The Kier molecular flexibility index (Phi) is 25.3. The molecule has 0 aromatic heterocycles. The van der Waals surface area contributed by atoms with Crippen LogP contribution in [0, 0.1) is 0 Å². The lowest BCUT2D eigenvalue weighted by molar-refractivity contribution is -0.137. The molecule has 113 heavy (non-hydrogen) atoms. The molecule has 9 atom stereocenters. The Morgan fingerprint density at radius 1 is 0.575 bits per heavy atom. The molecule has 31 heteroatoms. The topological polar surface area (TPSA) is 427 Å². The minimum atomic E-state index is -2.21. The minimum absolute atomic E-state index is 0.000202. The zero-order chi connectivity index (χ0) is 80.7. The van der Waals surface area contributed by atoms with Gasteiger partial charge in [-0.1, -0.05) is 99.3 Å². The van der Waals surface area contributed by atoms with E-state index in [-0.39, 0.29) is 102 Å². The molecule has 0 aliphatic carbocycles. The van der Waals surface area contributed by atoms with E-state index in [1.54, 1.807) is 20.8 Å². The molecule has 598 valence electrons. The third kappa shape index (κ3) is 19.1. The number of amides is 8. The van der Waals surface area contributed by atoms with E-state index in [0.29, 0.717) is 25.6 Å². The van der Waals surface area contributed by atoms with Gasteiger partial charge in [-0.25, -0.2) is 4.79 Å². The molecule has 7 aromatic carbocycles. The number of nitrogens with one attached hydrogen (secondary N) is 9. The van der Waals surface area contributed by atoms with Crippen molar-refractivity contribution in [2.75, 3.05) is 26.2 Å². The number of benzene rings is 7. The van der Waals surface area contributed by atoms with Crippen LogP contribution in [0.4, 0.5) is 4.79 Å².